The Balaban J connectivity index is 1.90. The minimum Gasteiger partial charge on any atom is -0.485 e. The predicted molar refractivity (Wildman–Crippen MR) is 86.3 cm³/mol. The molecule has 0 spiro atoms. The highest BCUT2D eigenvalue weighted by molar-refractivity contribution is 5.63. The highest BCUT2D eigenvalue weighted by atomic mass is 16.5. The number of hydrogen-bond donors (Lipinski definition) is 0. The van der Waals surface area contributed by atoms with Crippen molar-refractivity contribution in [3.05, 3.63) is 60.7 Å². The van der Waals surface area contributed by atoms with E-state index in [0.29, 0.717) is 29.7 Å². The number of ether oxygens (including phenoxy) is 1. The van der Waals surface area contributed by atoms with Crippen molar-refractivity contribution in [2.45, 2.75) is 31.4 Å². The molecule has 1 aliphatic carbocycles. The van der Waals surface area contributed by atoms with Crippen molar-refractivity contribution in [2.24, 2.45) is 20.7 Å². The zero-order valence-corrected chi connectivity index (χ0v) is 12.4. The van der Waals surface area contributed by atoms with E-state index in [1.165, 1.54) is 18.2 Å². The van der Waals surface area contributed by atoms with Gasteiger partial charge in [0.05, 0.1) is 0 Å². The van der Waals surface area contributed by atoms with Crippen LogP contribution in [0.5, 0.6) is 5.75 Å². The van der Waals surface area contributed by atoms with Crippen LogP contribution in [0.3, 0.4) is 0 Å². The van der Waals surface area contributed by atoms with Crippen molar-refractivity contribution in [3.63, 3.8) is 0 Å². The van der Waals surface area contributed by atoms with Gasteiger partial charge in [-0.25, -0.2) is 0 Å². The van der Waals surface area contributed by atoms with Gasteiger partial charge in [-0.1, -0.05) is 11.3 Å². The third-order valence-electron chi connectivity index (χ3n) is 4.14. The van der Waals surface area contributed by atoms with Crippen LogP contribution in [-0.2, 0) is 6.42 Å². The summed E-state index contributed by atoms with van der Waals surface area (Å²) < 4.78 is 5.86. The molecule has 0 fully saturated rings. The van der Waals surface area contributed by atoms with Gasteiger partial charge in [-0.05, 0) is 52.5 Å². The SMILES string of the molecule is O=NC1=CC(C2CCc3c(N=O)cc(N=O)cc3O2)=CCC1N=O. The molecule has 122 valence electrons. The molecule has 24 heavy (non-hydrogen) atoms. The average Bonchev–Trinajstić information content (AvgIpc) is 2.65. The van der Waals surface area contributed by atoms with Gasteiger partial charge in [0, 0.05) is 11.6 Å². The molecule has 0 amide bonds. The molecule has 0 N–H and O–H groups in total. The zero-order valence-electron chi connectivity index (χ0n) is 12.4. The molecule has 2 unspecified atom stereocenters. The summed E-state index contributed by atoms with van der Waals surface area (Å²) in [6.45, 7) is 0. The fraction of sp³-hybridized carbons (Fsp3) is 0.333. The second-order valence-electron chi connectivity index (χ2n) is 5.49. The summed E-state index contributed by atoms with van der Waals surface area (Å²) in [7, 11) is 0. The van der Waals surface area contributed by atoms with Gasteiger partial charge in [0.2, 0.25) is 0 Å². The smallest absolute Gasteiger partial charge is 0.141 e. The fourth-order valence-corrected chi connectivity index (χ4v) is 2.93. The summed E-state index contributed by atoms with van der Waals surface area (Å²) in [4.78, 5) is 43.2. The van der Waals surface area contributed by atoms with Crippen molar-refractivity contribution in [1.29, 1.82) is 0 Å². The molecule has 0 aromatic heterocycles. The largest absolute Gasteiger partial charge is 0.485 e. The molecule has 1 aromatic rings. The maximum atomic E-state index is 10.9. The van der Waals surface area contributed by atoms with E-state index in [1.54, 1.807) is 6.08 Å². The van der Waals surface area contributed by atoms with E-state index >= 15 is 0 Å². The summed E-state index contributed by atoms with van der Waals surface area (Å²) in [6.07, 6.45) is 4.24. The molecule has 0 saturated carbocycles. The zero-order chi connectivity index (χ0) is 17.1. The second kappa shape index (κ2) is 6.57. The van der Waals surface area contributed by atoms with Crippen LogP contribution in [0.25, 0.3) is 0 Å². The molecule has 1 heterocycles. The average molecular weight is 328 g/mol. The number of benzene rings is 1. The molecule has 1 aliphatic heterocycles. The van der Waals surface area contributed by atoms with Gasteiger partial charge >= 0.3 is 0 Å². The Morgan fingerprint density at radius 2 is 1.88 bits per heavy atom. The second-order valence-corrected chi connectivity index (χ2v) is 5.49. The molecular weight excluding hydrogens is 316 g/mol. The molecule has 2 atom stereocenters. The molecule has 0 radical (unpaired) electrons. The Morgan fingerprint density at radius 1 is 1.04 bits per heavy atom. The van der Waals surface area contributed by atoms with Crippen molar-refractivity contribution in [1.82, 2.24) is 0 Å². The van der Waals surface area contributed by atoms with Crippen LogP contribution in [0.15, 0.2) is 56.3 Å². The Morgan fingerprint density at radius 3 is 2.54 bits per heavy atom. The van der Waals surface area contributed by atoms with Crippen LogP contribution in [0.4, 0.5) is 11.4 Å². The highest BCUT2D eigenvalue weighted by Crippen LogP contribution is 2.40. The molecule has 9 heteroatoms. The molecule has 9 nitrogen and oxygen atoms in total. The molecular formula is C15H12N4O5. The topological polar surface area (TPSA) is 127 Å². The Labute approximate surface area is 135 Å². The first-order valence-electron chi connectivity index (χ1n) is 7.28. The molecule has 0 bridgehead atoms. The van der Waals surface area contributed by atoms with E-state index in [4.69, 9.17) is 4.74 Å². The Hall–Kier alpha value is -3.10. The van der Waals surface area contributed by atoms with Gasteiger partial charge in [-0.15, -0.1) is 14.7 Å². The molecule has 1 aromatic carbocycles. The summed E-state index contributed by atoms with van der Waals surface area (Å²) in [6, 6.07) is 1.99. The van der Waals surface area contributed by atoms with Gasteiger partial charge in [-0.2, -0.15) is 4.91 Å². The van der Waals surface area contributed by atoms with Crippen molar-refractivity contribution >= 4 is 11.4 Å². The lowest BCUT2D eigenvalue weighted by molar-refractivity contribution is 0.210. The number of rotatable bonds is 5. The standard InChI is InChI=1S/C15H12N4O5/c20-16-9-6-12(18-22)10-2-4-14(24-15(10)7-9)8-1-3-11(17-21)13(5-8)19-23/h1,5-7,11,14H,2-4H2. The van der Waals surface area contributed by atoms with Crippen molar-refractivity contribution in [3.8, 4) is 5.75 Å². The Kier molecular flexibility index (Phi) is 4.32. The summed E-state index contributed by atoms with van der Waals surface area (Å²) >= 11 is 0. The Bertz CT molecular complexity index is 786. The summed E-state index contributed by atoms with van der Waals surface area (Å²) in [5.74, 6) is 0.364. The van der Waals surface area contributed by atoms with E-state index in [-0.39, 0.29) is 29.6 Å². The lowest BCUT2D eigenvalue weighted by Gasteiger charge is -2.29. The van der Waals surface area contributed by atoms with Crippen LogP contribution in [0.1, 0.15) is 18.4 Å². The van der Waals surface area contributed by atoms with Crippen molar-refractivity contribution < 1.29 is 4.74 Å². The van der Waals surface area contributed by atoms with E-state index in [0.717, 1.165) is 0 Å². The van der Waals surface area contributed by atoms with Gasteiger partial charge in [0.1, 0.15) is 35.0 Å². The van der Waals surface area contributed by atoms with E-state index in [9.17, 15) is 19.6 Å². The number of fused-ring (bicyclic) bond motifs is 1. The number of nitroso groups, excluding NO2 is 4. The summed E-state index contributed by atoms with van der Waals surface area (Å²) in [5, 5.41) is 11.5. The third kappa shape index (κ3) is 2.75. The first kappa shape index (κ1) is 15.8. The maximum absolute atomic E-state index is 10.9. The van der Waals surface area contributed by atoms with E-state index in [2.05, 4.69) is 20.7 Å². The van der Waals surface area contributed by atoms with Crippen LogP contribution >= 0.6 is 0 Å². The first-order valence-corrected chi connectivity index (χ1v) is 7.28. The van der Waals surface area contributed by atoms with Crippen LogP contribution in [0.2, 0.25) is 0 Å². The maximum Gasteiger partial charge on any atom is 0.141 e. The molecule has 0 saturated heterocycles. The van der Waals surface area contributed by atoms with E-state index < -0.39 is 6.04 Å². The predicted octanol–water partition coefficient (Wildman–Crippen LogP) is 4.29. The minimum absolute atomic E-state index is 0.0534. The number of hydrogen-bond acceptors (Lipinski definition) is 9. The lowest BCUT2D eigenvalue weighted by atomic mass is 9.91. The third-order valence-corrected chi connectivity index (χ3v) is 4.14. The van der Waals surface area contributed by atoms with Crippen LogP contribution in [0, 0.1) is 19.6 Å². The van der Waals surface area contributed by atoms with Gasteiger partial charge < -0.3 is 4.74 Å². The van der Waals surface area contributed by atoms with Crippen LogP contribution in [-0.4, -0.2) is 12.1 Å². The van der Waals surface area contributed by atoms with Crippen LogP contribution < -0.4 is 4.74 Å². The van der Waals surface area contributed by atoms with Gasteiger partial charge in [0.25, 0.3) is 0 Å². The molecule has 3 rings (SSSR count). The van der Waals surface area contributed by atoms with Gasteiger partial charge in [-0.3, -0.25) is 0 Å². The lowest BCUT2D eigenvalue weighted by Crippen LogP contribution is -2.26. The molecule has 2 aliphatic rings. The quantitative estimate of drug-likeness (QED) is 0.745. The first-order chi connectivity index (χ1) is 11.7. The number of nitrogens with zero attached hydrogens (tertiary/aromatic N) is 4. The highest BCUT2D eigenvalue weighted by Gasteiger charge is 2.29. The minimum atomic E-state index is -0.779. The van der Waals surface area contributed by atoms with Crippen molar-refractivity contribution in [2.75, 3.05) is 0 Å². The van der Waals surface area contributed by atoms with E-state index in [1.807, 2.05) is 0 Å². The monoisotopic (exact) mass is 328 g/mol. The fourth-order valence-electron chi connectivity index (χ4n) is 2.93. The van der Waals surface area contributed by atoms with Gasteiger partial charge in [0.15, 0.2) is 0 Å². The normalized spacial score (nSPS) is 22.3. The summed E-state index contributed by atoms with van der Waals surface area (Å²) in [5.41, 5.74) is 1.58.